The van der Waals surface area contributed by atoms with Crippen LogP contribution in [-0.4, -0.2) is 43.2 Å². The summed E-state index contributed by atoms with van der Waals surface area (Å²) < 4.78 is 9.92. The van der Waals surface area contributed by atoms with Crippen LogP contribution in [0.4, 0.5) is 0 Å². The van der Waals surface area contributed by atoms with Crippen LogP contribution in [0.25, 0.3) is 10.8 Å². The SMILES string of the molecule is C=CC1CC1C(=O)OCC.CC.CC1CCNC1C(N)=O.COc1c[nH]c(=O)c2cc(Cl)ccc12. The van der Waals surface area contributed by atoms with Gasteiger partial charge in [-0.2, -0.15) is 0 Å². The van der Waals surface area contributed by atoms with Crippen LogP contribution >= 0.6 is 11.6 Å². The molecule has 2 heterocycles. The molecule has 0 spiro atoms. The molecule has 9 heteroatoms. The van der Waals surface area contributed by atoms with Crippen LogP contribution in [-0.2, 0) is 14.3 Å². The predicted octanol–water partition coefficient (Wildman–Crippen LogP) is 4.06. The van der Waals surface area contributed by atoms with E-state index < -0.39 is 0 Å². The Kier molecular flexibility index (Phi) is 13.1. The van der Waals surface area contributed by atoms with Crippen LogP contribution in [0.3, 0.4) is 0 Å². The third-order valence-electron chi connectivity index (χ3n) is 5.62. The number of allylic oxidation sites excluding steroid dienone is 1. The van der Waals surface area contributed by atoms with E-state index in [1.54, 1.807) is 31.5 Å². The largest absolute Gasteiger partial charge is 0.495 e. The zero-order valence-corrected chi connectivity index (χ0v) is 22.0. The van der Waals surface area contributed by atoms with Gasteiger partial charge in [0.15, 0.2) is 0 Å². The fourth-order valence-corrected chi connectivity index (χ4v) is 3.76. The van der Waals surface area contributed by atoms with Crippen molar-refractivity contribution in [1.82, 2.24) is 10.3 Å². The van der Waals surface area contributed by atoms with E-state index in [0.717, 1.165) is 24.8 Å². The summed E-state index contributed by atoms with van der Waals surface area (Å²) >= 11 is 5.79. The maximum atomic E-state index is 11.4. The van der Waals surface area contributed by atoms with Crippen LogP contribution in [0.5, 0.6) is 5.75 Å². The molecule has 35 heavy (non-hydrogen) atoms. The number of ether oxygens (including phenoxy) is 2. The van der Waals surface area contributed by atoms with Gasteiger partial charge in [0.25, 0.3) is 5.56 Å². The summed E-state index contributed by atoms with van der Waals surface area (Å²) in [7, 11) is 1.56. The number of nitrogens with two attached hydrogens (primary N) is 1. The fraction of sp³-hybridized carbons (Fsp3) is 0.500. The quantitative estimate of drug-likeness (QED) is 0.414. The summed E-state index contributed by atoms with van der Waals surface area (Å²) in [4.78, 5) is 35.5. The van der Waals surface area contributed by atoms with E-state index in [1.165, 1.54) is 0 Å². The van der Waals surface area contributed by atoms with E-state index in [9.17, 15) is 14.4 Å². The molecule has 1 aromatic heterocycles. The van der Waals surface area contributed by atoms with Crippen LogP contribution in [0.15, 0.2) is 41.8 Å². The Hall–Kier alpha value is -2.84. The molecule has 1 saturated heterocycles. The second-order valence-corrected chi connectivity index (χ2v) is 8.41. The van der Waals surface area contributed by atoms with Crippen LogP contribution in [0, 0.1) is 17.8 Å². The highest BCUT2D eigenvalue weighted by Gasteiger charge is 2.41. The number of aromatic amines is 1. The molecular weight excluding hydrogens is 470 g/mol. The first-order chi connectivity index (χ1) is 16.7. The molecule has 4 atom stereocenters. The number of carbonyl (C=O) groups excluding carboxylic acids is 2. The van der Waals surface area contributed by atoms with Gasteiger partial charge < -0.3 is 25.5 Å². The molecule has 4 unspecified atom stereocenters. The fourth-order valence-electron chi connectivity index (χ4n) is 3.59. The number of hydrogen-bond donors (Lipinski definition) is 3. The first-order valence-corrected chi connectivity index (χ1v) is 12.3. The zero-order valence-electron chi connectivity index (χ0n) is 21.2. The summed E-state index contributed by atoms with van der Waals surface area (Å²) in [5, 5.41) is 4.87. The Morgan fingerprint density at radius 3 is 2.43 bits per heavy atom. The normalized spacial score (nSPS) is 21.7. The number of rotatable bonds is 5. The average Bonchev–Trinajstić information content (AvgIpc) is 3.53. The lowest BCUT2D eigenvalue weighted by Gasteiger charge is -2.09. The molecule has 8 nitrogen and oxygen atoms in total. The van der Waals surface area contributed by atoms with Gasteiger partial charge >= 0.3 is 5.97 Å². The Morgan fingerprint density at radius 1 is 1.29 bits per heavy atom. The van der Waals surface area contributed by atoms with Crippen LogP contribution < -0.4 is 21.3 Å². The number of primary amides is 1. The van der Waals surface area contributed by atoms with Crippen molar-refractivity contribution in [2.75, 3.05) is 20.3 Å². The van der Waals surface area contributed by atoms with Crippen molar-refractivity contribution in [3.8, 4) is 5.75 Å². The third-order valence-corrected chi connectivity index (χ3v) is 5.85. The number of H-pyrrole nitrogens is 1. The predicted molar refractivity (Wildman–Crippen MR) is 141 cm³/mol. The Labute approximate surface area is 212 Å². The Morgan fingerprint density at radius 2 is 1.97 bits per heavy atom. The van der Waals surface area contributed by atoms with Crippen molar-refractivity contribution in [2.24, 2.45) is 23.5 Å². The number of carbonyl (C=O) groups is 2. The lowest BCUT2D eigenvalue weighted by atomic mass is 10.0. The molecule has 0 bridgehead atoms. The van der Waals surface area contributed by atoms with Gasteiger partial charge in [0.1, 0.15) is 5.75 Å². The average molecular weight is 508 g/mol. The zero-order chi connectivity index (χ0) is 26.5. The molecule has 1 aliphatic heterocycles. The van der Waals surface area contributed by atoms with Crippen molar-refractivity contribution < 1.29 is 19.1 Å². The van der Waals surface area contributed by atoms with Crippen molar-refractivity contribution in [3.63, 3.8) is 0 Å². The molecule has 1 amide bonds. The Bertz CT molecular complexity index is 1040. The molecular formula is C26H38ClN3O5. The van der Waals surface area contributed by atoms with Gasteiger partial charge in [-0.15, -0.1) is 6.58 Å². The second kappa shape index (κ2) is 15.2. The van der Waals surface area contributed by atoms with Gasteiger partial charge in [-0.1, -0.05) is 38.4 Å². The molecule has 1 saturated carbocycles. The first kappa shape index (κ1) is 30.2. The van der Waals surface area contributed by atoms with E-state index in [-0.39, 0.29) is 29.4 Å². The summed E-state index contributed by atoms with van der Waals surface area (Å²) in [5.74, 6) is 1.28. The molecule has 2 aliphatic rings. The van der Waals surface area contributed by atoms with Crippen LogP contribution in [0.2, 0.25) is 5.02 Å². The number of aromatic nitrogens is 1. The highest BCUT2D eigenvalue weighted by Crippen LogP contribution is 2.40. The minimum absolute atomic E-state index is 0.0626. The monoisotopic (exact) mass is 507 g/mol. The van der Waals surface area contributed by atoms with Crippen molar-refractivity contribution in [1.29, 1.82) is 0 Å². The molecule has 194 valence electrons. The van der Waals surface area contributed by atoms with Crippen LogP contribution in [0.1, 0.15) is 40.5 Å². The summed E-state index contributed by atoms with van der Waals surface area (Å²) in [6.45, 7) is 12.9. The van der Waals surface area contributed by atoms with E-state index in [4.69, 9.17) is 26.8 Å². The van der Waals surface area contributed by atoms with Crippen molar-refractivity contribution >= 4 is 34.2 Å². The molecule has 0 radical (unpaired) electrons. The summed E-state index contributed by atoms with van der Waals surface area (Å²) in [6, 6.07) is 5.04. The second-order valence-electron chi connectivity index (χ2n) is 7.97. The highest BCUT2D eigenvalue weighted by molar-refractivity contribution is 6.31. The lowest BCUT2D eigenvalue weighted by Crippen LogP contribution is -2.39. The third kappa shape index (κ3) is 9.03. The van der Waals surface area contributed by atoms with E-state index in [1.807, 2.05) is 33.8 Å². The highest BCUT2D eigenvalue weighted by atomic mass is 35.5. The number of hydrogen-bond acceptors (Lipinski definition) is 6. The van der Waals surface area contributed by atoms with E-state index in [2.05, 4.69) is 16.9 Å². The van der Waals surface area contributed by atoms with Crippen molar-refractivity contribution in [2.45, 2.75) is 46.6 Å². The van der Waals surface area contributed by atoms with Gasteiger partial charge in [0.05, 0.1) is 31.1 Å². The molecule has 1 aliphatic carbocycles. The smallest absolute Gasteiger partial charge is 0.309 e. The summed E-state index contributed by atoms with van der Waals surface area (Å²) in [5.41, 5.74) is 4.92. The number of amides is 1. The van der Waals surface area contributed by atoms with Gasteiger partial charge in [0.2, 0.25) is 5.91 Å². The maximum absolute atomic E-state index is 11.4. The molecule has 1 aromatic carbocycles. The summed E-state index contributed by atoms with van der Waals surface area (Å²) in [6.07, 6.45) is 5.36. The number of pyridine rings is 1. The first-order valence-electron chi connectivity index (χ1n) is 11.9. The lowest BCUT2D eigenvalue weighted by molar-refractivity contribution is -0.144. The number of nitrogens with one attached hydrogen (secondary N) is 2. The van der Waals surface area contributed by atoms with Gasteiger partial charge in [-0.05, 0) is 56.3 Å². The van der Waals surface area contributed by atoms with Gasteiger partial charge in [-0.25, -0.2) is 0 Å². The van der Waals surface area contributed by atoms with Gasteiger partial charge in [-0.3, -0.25) is 14.4 Å². The van der Waals surface area contributed by atoms with Crippen molar-refractivity contribution in [3.05, 3.63) is 52.4 Å². The number of benzene rings is 1. The topological polar surface area (TPSA) is 124 Å². The van der Waals surface area contributed by atoms with E-state index >= 15 is 0 Å². The number of halogens is 1. The maximum Gasteiger partial charge on any atom is 0.309 e. The number of fused-ring (bicyclic) bond motifs is 1. The minimum Gasteiger partial charge on any atom is -0.495 e. The number of methoxy groups -OCH3 is 1. The minimum atomic E-state index is -0.222. The standard InChI is InChI=1S/C10H8ClNO2.C8H12O2.C6H12N2O.C2H6/c1-14-9-5-12-10(13)8-4-6(11)2-3-7(8)9;1-3-6-5-7(6)8(9)10-4-2;1-4-2-3-8-5(4)6(7)9;1-2/h2-5H,1H3,(H,12,13);3,6-7H,1,4-5H2,2H3;4-5,8H,2-3H2,1H3,(H2,7,9);1-2H3. The molecule has 2 aromatic rings. The molecule has 2 fully saturated rings. The van der Waals surface area contributed by atoms with Gasteiger partial charge in [0, 0.05) is 16.6 Å². The molecule has 4 N–H and O–H groups in total. The molecule has 4 rings (SSSR count). The van der Waals surface area contributed by atoms with E-state index in [0.29, 0.717) is 34.6 Å². The number of esters is 1. The Balaban J connectivity index is 0.000000261.